The minimum Gasteiger partial charge on any atom is -0.465 e. The molecule has 5 nitrogen and oxygen atoms in total. The molecule has 1 aliphatic rings. The van der Waals surface area contributed by atoms with Crippen molar-refractivity contribution in [3.63, 3.8) is 0 Å². The first-order valence-electron chi connectivity index (χ1n) is 7.04. The Bertz CT molecular complexity index is 869. The first-order chi connectivity index (χ1) is 11.6. The Morgan fingerprint density at radius 2 is 1.88 bits per heavy atom. The highest BCUT2D eigenvalue weighted by Crippen LogP contribution is 2.22. The molecule has 0 aromatic heterocycles. The number of carbonyl (C=O) groups is 2. The van der Waals surface area contributed by atoms with Gasteiger partial charge in [-0.05, 0) is 42.0 Å². The molecule has 2 aromatic carbocycles. The molecule has 0 N–H and O–H groups in total. The molecular weight excluding hydrogens is 330 g/mol. The monoisotopic (exact) mass is 341 g/mol. The number of halogens is 1. The molecule has 0 saturated heterocycles. The van der Waals surface area contributed by atoms with E-state index in [1.807, 2.05) is 0 Å². The maximum absolute atomic E-state index is 12.0. The summed E-state index contributed by atoms with van der Waals surface area (Å²) in [6.45, 7) is 0. The third-order valence-corrected chi connectivity index (χ3v) is 3.62. The highest BCUT2D eigenvalue weighted by atomic mass is 35.5. The standard InChI is InChI=1S/C18H12ClNO4/c1-23-17(21)14-5-3-2-4-12(14)10-15-18(22)24-16(20-15)11-6-8-13(19)9-7-11/h2-10H,1H3/b15-10-. The number of hydrogen-bond acceptors (Lipinski definition) is 5. The van der Waals surface area contributed by atoms with E-state index in [0.717, 1.165) is 0 Å². The Hall–Kier alpha value is -2.92. The van der Waals surface area contributed by atoms with E-state index in [1.165, 1.54) is 13.2 Å². The van der Waals surface area contributed by atoms with Crippen molar-refractivity contribution in [2.75, 3.05) is 7.11 Å². The van der Waals surface area contributed by atoms with Gasteiger partial charge in [-0.1, -0.05) is 29.8 Å². The minimum atomic E-state index is -0.584. The van der Waals surface area contributed by atoms with Gasteiger partial charge in [0.25, 0.3) is 0 Å². The van der Waals surface area contributed by atoms with E-state index in [0.29, 0.717) is 21.7 Å². The van der Waals surface area contributed by atoms with E-state index in [-0.39, 0.29) is 11.6 Å². The average molecular weight is 342 g/mol. The quantitative estimate of drug-likeness (QED) is 0.633. The van der Waals surface area contributed by atoms with Crippen LogP contribution in [0.4, 0.5) is 0 Å². The fourth-order valence-electron chi connectivity index (χ4n) is 2.19. The third kappa shape index (κ3) is 3.21. The lowest BCUT2D eigenvalue weighted by atomic mass is 10.1. The SMILES string of the molecule is COC(=O)c1ccccc1/C=C1\N=C(c2ccc(Cl)cc2)OC1=O. The summed E-state index contributed by atoms with van der Waals surface area (Å²) in [6.07, 6.45) is 1.50. The molecule has 0 spiro atoms. The van der Waals surface area contributed by atoms with E-state index in [2.05, 4.69) is 4.99 Å². The van der Waals surface area contributed by atoms with Gasteiger partial charge in [-0.2, -0.15) is 0 Å². The molecule has 6 heteroatoms. The predicted octanol–water partition coefficient (Wildman–Crippen LogP) is 3.47. The van der Waals surface area contributed by atoms with Crippen LogP contribution in [0.25, 0.3) is 6.08 Å². The Labute approximate surface area is 143 Å². The van der Waals surface area contributed by atoms with Crippen molar-refractivity contribution >= 4 is 35.5 Å². The van der Waals surface area contributed by atoms with Gasteiger partial charge in [-0.25, -0.2) is 14.6 Å². The lowest BCUT2D eigenvalue weighted by Crippen LogP contribution is -2.06. The topological polar surface area (TPSA) is 65.0 Å². The first-order valence-corrected chi connectivity index (χ1v) is 7.42. The van der Waals surface area contributed by atoms with E-state index >= 15 is 0 Å². The Morgan fingerprint density at radius 3 is 2.58 bits per heavy atom. The molecule has 0 saturated carbocycles. The zero-order valence-electron chi connectivity index (χ0n) is 12.7. The smallest absolute Gasteiger partial charge is 0.363 e. The fourth-order valence-corrected chi connectivity index (χ4v) is 2.32. The second-order valence-electron chi connectivity index (χ2n) is 4.92. The minimum absolute atomic E-state index is 0.108. The van der Waals surface area contributed by atoms with E-state index in [1.54, 1.807) is 48.5 Å². The second-order valence-corrected chi connectivity index (χ2v) is 5.36. The Kier molecular flexibility index (Phi) is 4.44. The highest BCUT2D eigenvalue weighted by molar-refractivity contribution is 6.30. The van der Waals surface area contributed by atoms with E-state index < -0.39 is 11.9 Å². The number of benzene rings is 2. The van der Waals surface area contributed by atoms with E-state index in [9.17, 15) is 9.59 Å². The Morgan fingerprint density at radius 1 is 1.17 bits per heavy atom. The molecule has 0 unspecified atom stereocenters. The third-order valence-electron chi connectivity index (χ3n) is 3.37. The van der Waals surface area contributed by atoms with Crippen LogP contribution < -0.4 is 0 Å². The van der Waals surface area contributed by atoms with Crippen molar-refractivity contribution < 1.29 is 19.1 Å². The van der Waals surface area contributed by atoms with Gasteiger partial charge in [0.05, 0.1) is 12.7 Å². The van der Waals surface area contributed by atoms with Crippen molar-refractivity contribution in [1.82, 2.24) is 0 Å². The molecule has 120 valence electrons. The lowest BCUT2D eigenvalue weighted by Gasteiger charge is -2.03. The van der Waals surface area contributed by atoms with Crippen molar-refractivity contribution in [1.29, 1.82) is 0 Å². The number of ether oxygens (including phenoxy) is 2. The summed E-state index contributed by atoms with van der Waals surface area (Å²) in [7, 11) is 1.30. The molecule has 0 fully saturated rings. The van der Waals surface area contributed by atoms with Gasteiger partial charge >= 0.3 is 11.9 Å². The van der Waals surface area contributed by atoms with Crippen molar-refractivity contribution in [3.8, 4) is 0 Å². The van der Waals surface area contributed by atoms with E-state index in [4.69, 9.17) is 21.1 Å². The molecule has 0 amide bonds. The van der Waals surface area contributed by atoms with Gasteiger partial charge in [0.1, 0.15) is 0 Å². The zero-order chi connectivity index (χ0) is 17.1. The van der Waals surface area contributed by atoms with Gasteiger partial charge in [0.2, 0.25) is 5.90 Å². The molecule has 0 aliphatic carbocycles. The maximum atomic E-state index is 12.0. The number of aliphatic imine (C=N–C) groups is 1. The molecule has 2 aromatic rings. The normalized spacial score (nSPS) is 15.2. The molecule has 0 atom stereocenters. The summed E-state index contributed by atoms with van der Waals surface area (Å²) in [6, 6.07) is 13.6. The maximum Gasteiger partial charge on any atom is 0.363 e. The van der Waals surface area contributed by atoms with Gasteiger partial charge in [-0.3, -0.25) is 0 Å². The van der Waals surface area contributed by atoms with Crippen LogP contribution in [0, 0.1) is 0 Å². The fraction of sp³-hybridized carbons (Fsp3) is 0.0556. The number of nitrogens with zero attached hydrogens (tertiary/aromatic N) is 1. The number of cyclic esters (lactones) is 1. The van der Waals surface area contributed by atoms with Crippen molar-refractivity contribution in [2.24, 2.45) is 4.99 Å². The zero-order valence-corrected chi connectivity index (χ0v) is 13.4. The van der Waals surface area contributed by atoms with Gasteiger partial charge in [0.15, 0.2) is 5.70 Å². The van der Waals surface area contributed by atoms with Crippen LogP contribution in [0.3, 0.4) is 0 Å². The number of esters is 2. The molecule has 0 bridgehead atoms. The highest BCUT2D eigenvalue weighted by Gasteiger charge is 2.24. The number of carbonyl (C=O) groups excluding carboxylic acids is 2. The van der Waals surface area contributed by atoms with Gasteiger partial charge < -0.3 is 9.47 Å². The van der Waals surface area contributed by atoms with Crippen molar-refractivity contribution in [2.45, 2.75) is 0 Å². The van der Waals surface area contributed by atoms with Crippen LogP contribution in [-0.4, -0.2) is 24.9 Å². The number of methoxy groups -OCH3 is 1. The summed E-state index contributed by atoms with van der Waals surface area (Å²) in [5.41, 5.74) is 1.61. The summed E-state index contributed by atoms with van der Waals surface area (Å²) in [5, 5.41) is 0.575. The molecular formula is C18H12ClNO4. The van der Waals surface area contributed by atoms with Gasteiger partial charge in [0, 0.05) is 10.6 Å². The van der Waals surface area contributed by atoms with Crippen LogP contribution >= 0.6 is 11.6 Å². The number of hydrogen-bond donors (Lipinski definition) is 0. The number of rotatable bonds is 3. The van der Waals surface area contributed by atoms with Gasteiger partial charge in [-0.15, -0.1) is 0 Å². The predicted molar refractivity (Wildman–Crippen MR) is 89.8 cm³/mol. The van der Waals surface area contributed by atoms with Crippen LogP contribution in [0.2, 0.25) is 5.02 Å². The largest absolute Gasteiger partial charge is 0.465 e. The summed E-state index contributed by atoms with van der Waals surface area (Å²) < 4.78 is 9.92. The molecule has 0 radical (unpaired) electrons. The molecule has 3 rings (SSSR count). The second kappa shape index (κ2) is 6.68. The Balaban J connectivity index is 1.98. The lowest BCUT2D eigenvalue weighted by molar-refractivity contribution is -0.129. The van der Waals surface area contributed by atoms with Crippen LogP contribution in [-0.2, 0) is 14.3 Å². The first kappa shape index (κ1) is 16.0. The average Bonchev–Trinajstić information content (AvgIpc) is 2.96. The van der Waals surface area contributed by atoms with Crippen LogP contribution in [0.15, 0.2) is 59.2 Å². The summed E-state index contributed by atoms with van der Waals surface area (Å²) in [5.74, 6) is -0.881. The van der Waals surface area contributed by atoms with Crippen LogP contribution in [0.1, 0.15) is 21.5 Å². The molecule has 24 heavy (non-hydrogen) atoms. The molecule has 1 heterocycles. The molecule has 1 aliphatic heterocycles. The summed E-state index contributed by atoms with van der Waals surface area (Å²) in [4.78, 5) is 28.0. The van der Waals surface area contributed by atoms with Crippen molar-refractivity contribution in [3.05, 3.63) is 75.9 Å². The van der Waals surface area contributed by atoms with Crippen LogP contribution in [0.5, 0.6) is 0 Å². The summed E-state index contributed by atoms with van der Waals surface area (Å²) >= 11 is 5.84.